The molecule has 3 heteroatoms. The van der Waals surface area contributed by atoms with Gasteiger partial charge < -0.3 is 0 Å². The summed E-state index contributed by atoms with van der Waals surface area (Å²) in [5, 5.41) is 0.377. The molecular weight excluding hydrogens is 239 g/mol. The zero-order chi connectivity index (χ0) is 12.5. The van der Waals surface area contributed by atoms with E-state index >= 15 is 0 Å². The Morgan fingerprint density at radius 2 is 1.94 bits per heavy atom. The number of carbonyl (C=O) groups excluding carboxylic acids is 1. The van der Waals surface area contributed by atoms with Gasteiger partial charge in [-0.25, -0.2) is 4.39 Å². The Labute approximate surface area is 106 Å². The smallest absolute Gasteiger partial charge is 0.140 e. The van der Waals surface area contributed by atoms with Gasteiger partial charge >= 0.3 is 0 Å². The van der Waals surface area contributed by atoms with E-state index in [2.05, 4.69) is 0 Å². The molecule has 0 aliphatic heterocycles. The molecule has 0 aromatic heterocycles. The van der Waals surface area contributed by atoms with Gasteiger partial charge in [0.25, 0.3) is 0 Å². The maximum Gasteiger partial charge on any atom is 0.140 e. The number of rotatable bonds is 2. The SMILES string of the molecule is CC(=O)C1(c2c(F)cccc2Cl)CCCCC1. The van der Waals surface area contributed by atoms with Crippen LogP contribution in [-0.4, -0.2) is 5.78 Å². The molecule has 1 saturated carbocycles. The summed E-state index contributed by atoms with van der Waals surface area (Å²) in [5.74, 6) is -0.321. The summed E-state index contributed by atoms with van der Waals surface area (Å²) in [7, 11) is 0. The van der Waals surface area contributed by atoms with Gasteiger partial charge in [0.1, 0.15) is 11.6 Å². The number of halogens is 2. The van der Waals surface area contributed by atoms with Crippen LogP contribution in [0, 0.1) is 5.82 Å². The van der Waals surface area contributed by atoms with Gasteiger partial charge in [-0.1, -0.05) is 36.9 Å². The predicted molar refractivity (Wildman–Crippen MR) is 66.9 cm³/mol. The highest BCUT2D eigenvalue weighted by Gasteiger charge is 2.41. The van der Waals surface area contributed by atoms with Crippen LogP contribution >= 0.6 is 11.6 Å². The molecule has 0 saturated heterocycles. The molecule has 1 aliphatic carbocycles. The molecular formula is C14H16ClFO. The molecule has 92 valence electrons. The van der Waals surface area contributed by atoms with Crippen molar-refractivity contribution in [2.24, 2.45) is 0 Å². The summed E-state index contributed by atoms with van der Waals surface area (Å²) in [4.78, 5) is 12.0. The maximum absolute atomic E-state index is 14.0. The van der Waals surface area contributed by atoms with Gasteiger partial charge in [0.05, 0.1) is 5.41 Å². The van der Waals surface area contributed by atoms with Crippen LogP contribution < -0.4 is 0 Å². The van der Waals surface area contributed by atoms with Gasteiger partial charge in [0, 0.05) is 10.6 Å². The van der Waals surface area contributed by atoms with Crippen molar-refractivity contribution in [2.75, 3.05) is 0 Å². The molecule has 1 aromatic carbocycles. The lowest BCUT2D eigenvalue weighted by molar-refractivity contribution is -0.123. The van der Waals surface area contributed by atoms with Crippen LogP contribution in [0.3, 0.4) is 0 Å². The summed E-state index contributed by atoms with van der Waals surface area (Å²) in [5.41, 5.74) is -0.283. The molecule has 0 heterocycles. The zero-order valence-electron chi connectivity index (χ0n) is 9.93. The average molecular weight is 255 g/mol. The minimum absolute atomic E-state index is 0.0317. The van der Waals surface area contributed by atoms with Crippen molar-refractivity contribution in [3.05, 3.63) is 34.6 Å². The first-order valence-corrected chi connectivity index (χ1v) is 6.41. The quantitative estimate of drug-likeness (QED) is 0.770. The highest BCUT2D eigenvalue weighted by atomic mass is 35.5. The monoisotopic (exact) mass is 254 g/mol. The first-order valence-electron chi connectivity index (χ1n) is 6.03. The van der Waals surface area contributed by atoms with Crippen LogP contribution in [0.25, 0.3) is 0 Å². The number of carbonyl (C=O) groups is 1. The highest BCUT2D eigenvalue weighted by Crippen LogP contribution is 2.44. The molecule has 1 fully saturated rings. The van der Waals surface area contributed by atoms with Gasteiger partial charge in [-0.2, -0.15) is 0 Å². The van der Waals surface area contributed by atoms with E-state index in [9.17, 15) is 9.18 Å². The third-order valence-electron chi connectivity index (χ3n) is 3.82. The zero-order valence-corrected chi connectivity index (χ0v) is 10.7. The summed E-state index contributed by atoms with van der Waals surface area (Å²) < 4.78 is 14.0. The lowest BCUT2D eigenvalue weighted by atomic mass is 9.67. The van der Waals surface area contributed by atoms with Gasteiger partial charge in [0.2, 0.25) is 0 Å². The van der Waals surface area contributed by atoms with Crippen molar-refractivity contribution < 1.29 is 9.18 Å². The van der Waals surface area contributed by atoms with Gasteiger partial charge in [-0.15, -0.1) is 0 Å². The average Bonchev–Trinajstić information content (AvgIpc) is 2.29. The summed E-state index contributed by atoms with van der Waals surface area (Å²) in [6.45, 7) is 1.55. The molecule has 1 nitrogen and oxygen atoms in total. The molecule has 2 rings (SSSR count). The van der Waals surface area contributed by atoms with Crippen molar-refractivity contribution in [3.8, 4) is 0 Å². The van der Waals surface area contributed by atoms with E-state index < -0.39 is 5.41 Å². The first kappa shape index (κ1) is 12.6. The minimum atomic E-state index is -0.694. The molecule has 0 spiro atoms. The molecule has 0 amide bonds. The van der Waals surface area contributed by atoms with Crippen LogP contribution in [0.1, 0.15) is 44.6 Å². The number of Topliss-reactive ketones (excluding diaryl/α,β-unsaturated/α-hetero) is 1. The fourth-order valence-corrected chi connectivity index (χ4v) is 3.23. The lowest BCUT2D eigenvalue weighted by Gasteiger charge is -2.36. The van der Waals surface area contributed by atoms with Gasteiger partial charge in [0.15, 0.2) is 0 Å². The second kappa shape index (κ2) is 4.77. The van der Waals surface area contributed by atoms with Crippen molar-refractivity contribution in [3.63, 3.8) is 0 Å². The van der Waals surface area contributed by atoms with E-state index in [0.717, 1.165) is 19.3 Å². The Bertz CT molecular complexity index is 416. The number of ketones is 1. The largest absolute Gasteiger partial charge is 0.299 e. The molecule has 1 aromatic rings. The Balaban J connectivity index is 2.56. The van der Waals surface area contributed by atoms with Crippen LogP contribution in [0.5, 0.6) is 0 Å². The van der Waals surface area contributed by atoms with Crippen molar-refractivity contribution in [1.29, 1.82) is 0 Å². The van der Waals surface area contributed by atoms with E-state index in [0.29, 0.717) is 23.4 Å². The van der Waals surface area contributed by atoms with Crippen LogP contribution in [-0.2, 0) is 10.2 Å². The molecule has 0 unspecified atom stereocenters. The number of hydrogen-bond donors (Lipinski definition) is 0. The van der Waals surface area contributed by atoms with Crippen molar-refractivity contribution >= 4 is 17.4 Å². The normalized spacial score (nSPS) is 19.0. The van der Waals surface area contributed by atoms with Crippen LogP contribution in [0.4, 0.5) is 4.39 Å². The molecule has 0 bridgehead atoms. The van der Waals surface area contributed by atoms with Gasteiger partial charge in [-0.3, -0.25) is 4.79 Å². The Kier molecular flexibility index (Phi) is 3.53. The second-order valence-corrected chi connectivity index (χ2v) is 5.20. The molecule has 0 atom stereocenters. The van der Waals surface area contributed by atoms with E-state index in [1.165, 1.54) is 6.07 Å². The molecule has 1 aliphatic rings. The van der Waals surface area contributed by atoms with Gasteiger partial charge in [-0.05, 0) is 31.9 Å². The third kappa shape index (κ3) is 2.11. The van der Waals surface area contributed by atoms with Crippen LogP contribution in [0.2, 0.25) is 5.02 Å². The van der Waals surface area contributed by atoms with Crippen molar-refractivity contribution in [2.45, 2.75) is 44.4 Å². The summed E-state index contributed by atoms with van der Waals surface area (Å²) >= 11 is 6.10. The van der Waals surface area contributed by atoms with E-state index in [4.69, 9.17) is 11.6 Å². The molecule has 17 heavy (non-hydrogen) atoms. The highest BCUT2D eigenvalue weighted by molar-refractivity contribution is 6.31. The van der Waals surface area contributed by atoms with Crippen LogP contribution in [0.15, 0.2) is 18.2 Å². The van der Waals surface area contributed by atoms with E-state index in [-0.39, 0.29) is 11.6 Å². The predicted octanol–water partition coefficient (Wildman–Crippen LogP) is 4.27. The standard InChI is InChI=1S/C14H16ClFO/c1-10(17)14(8-3-2-4-9-14)13-11(15)6-5-7-12(13)16/h5-7H,2-4,8-9H2,1H3. The topological polar surface area (TPSA) is 17.1 Å². The minimum Gasteiger partial charge on any atom is -0.299 e. The third-order valence-corrected chi connectivity index (χ3v) is 4.14. The van der Waals surface area contributed by atoms with Crippen molar-refractivity contribution in [1.82, 2.24) is 0 Å². The maximum atomic E-state index is 14.0. The molecule has 0 radical (unpaired) electrons. The fourth-order valence-electron chi connectivity index (χ4n) is 2.89. The number of hydrogen-bond acceptors (Lipinski definition) is 1. The summed E-state index contributed by atoms with van der Waals surface area (Å²) in [6, 6.07) is 4.64. The molecule has 0 N–H and O–H groups in total. The summed E-state index contributed by atoms with van der Waals surface area (Å²) in [6.07, 6.45) is 4.46. The first-order chi connectivity index (χ1) is 8.08. The number of benzene rings is 1. The Hall–Kier alpha value is -0.890. The van der Waals surface area contributed by atoms with E-state index in [1.807, 2.05) is 0 Å². The Morgan fingerprint density at radius 1 is 1.29 bits per heavy atom. The fraction of sp³-hybridized carbons (Fsp3) is 0.500. The lowest BCUT2D eigenvalue weighted by Crippen LogP contribution is -2.37. The second-order valence-electron chi connectivity index (χ2n) is 4.80. The van der Waals surface area contributed by atoms with E-state index in [1.54, 1.807) is 19.1 Å². The Morgan fingerprint density at radius 3 is 2.47 bits per heavy atom.